The lowest BCUT2D eigenvalue weighted by Gasteiger charge is -2.21. The summed E-state index contributed by atoms with van der Waals surface area (Å²) in [6.45, 7) is 10.5. The minimum Gasteiger partial charge on any atom is -0.455 e. The van der Waals surface area contributed by atoms with Gasteiger partial charge in [-0.1, -0.05) is 57.8 Å². The van der Waals surface area contributed by atoms with E-state index in [0.717, 1.165) is 44.1 Å². The fraction of sp³-hybridized carbons (Fsp3) is 0.300. The molecule has 5 rings (SSSR count). The molecule has 5 aromatic rings. The van der Waals surface area contributed by atoms with E-state index in [1.54, 1.807) is 6.07 Å². The zero-order chi connectivity index (χ0) is 27.1. The summed E-state index contributed by atoms with van der Waals surface area (Å²) in [5.41, 5.74) is 6.33. The van der Waals surface area contributed by atoms with Crippen molar-refractivity contribution in [2.24, 2.45) is 7.05 Å². The number of furan rings is 1. The number of aromatic nitrogens is 1. The fourth-order valence-electron chi connectivity index (χ4n) is 4.92. The summed E-state index contributed by atoms with van der Waals surface area (Å²) in [5.74, 6) is -0.701. The predicted octanol–water partition coefficient (Wildman–Crippen LogP) is 7.52. The maximum atomic E-state index is 8.60. The Morgan fingerprint density at radius 2 is 1.73 bits per heavy atom. The van der Waals surface area contributed by atoms with E-state index in [9.17, 15) is 0 Å². The number of benzene rings is 3. The van der Waals surface area contributed by atoms with E-state index in [4.69, 9.17) is 9.90 Å². The van der Waals surface area contributed by atoms with Crippen molar-refractivity contribution in [3.05, 3.63) is 71.3 Å². The van der Waals surface area contributed by atoms with Gasteiger partial charge < -0.3 is 4.42 Å². The number of hydrogen-bond donors (Lipinski definition) is 0. The molecule has 0 saturated heterocycles. The molecule has 2 nitrogen and oxygen atoms in total. The van der Waals surface area contributed by atoms with Crippen molar-refractivity contribution in [3.63, 3.8) is 0 Å². The average molecular weight is 457 g/mol. The highest BCUT2D eigenvalue weighted by Gasteiger charge is 2.29. The lowest BCUT2D eigenvalue weighted by molar-refractivity contribution is -0.633. The molecule has 0 atom stereocenters. The van der Waals surface area contributed by atoms with E-state index in [1.807, 2.05) is 58.2 Å². The van der Waals surface area contributed by atoms with Crippen molar-refractivity contribution in [1.82, 2.24) is 0 Å². The van der Waals surface area contributed by atoms with Crippen molar-refractivity contribution in [2.45, 2.75) is 53.2 Å². The highest BCUT2D eigenvalue weighted by atomic mass is 28.3. The van der Waals surface area contributed by atoms with Gasteiger partial charge in [0.1, 0.15) is 18.2 Å². The van der Waals surface area contributed by atoms with Gasteiger partial charge in [0, 0.05) is 33.8 Å². The van der Waals surface area contributed by atoms with Crippen molar-refractivity contribution in [2.75, 3.05) is 0 Å². The first-order valence-electron chi connectivity index (χ1n) is 13.5. The van der Waals surface area contributed by atoms with Crippen LogP contribution in [0.3, 0.4) is 0 Å². The van der Waals surface area contributed by atoms with Gasteiger partial charge in [-0.2, -0.15) is 4.57 Å². The maximum Gasteiger partial charge on any atom is 0.216 e. The van der Waals surface area contributed by atoms with E-state index in [1.165, 1.54) is 5.19 Å². The molecule has 33 heavy (non-hydrogen) atoms. The number of pyridine rings is 1. The number of hydrogen-bond acceptors (Lipinski definition) is 1. The van der Waals surface area contributed by atoms with Crippen LogP contribution in [-0.2, 0) is 7.05 Å². The Hall–Kier alpha value is -2.91. The van der Waals surface area contributed by atoms with Gasteiger partial charge in [-0.25, -0.2) is 0 Å². The Morgan fingerprint density at radius 1 is 0.970 bits per heavy atom. The number of rotatable bonds is 3. The Balaban J connectivity index is 1.97. The molecule has 168 valence electrons. The van der Waals surface area contributed by atoms with Crippen LogP contribution in [0.4, 0.5) is 0 Å². The van der Waals surface area contributed by atoms with Crippen LogP contribution in [0.2, 0.25) is 19.6 Å². The second-order valence-electron chi connectivity index (χ2n) is 10.4. The smallest absolute Gasteiger partial charge is 0.216 e. The summed E-state index contributed by atoms with van der Waals surface area (Å²) >= 11 is 0. The summed E-state index contributed by atoms with van der Waals surface area (Å²) in [4.78, 5) is 0. The molecule has 0 amide bonds. The third-order valence-corrected chi connectivity index (χ3v) is 8.89. The standard InChI is InChI=1S/C30H34NOSi/c1-18(2)21-13-14-25-24(16-21)28(33(6,7)8)17-26(31(25)5)29-20(4)19(3)15-23-22-11-9-10-12-27(22)32-30(23)29/h9-18H,1-8H3/q+1/i3D3,18D. The lowest BCUT2D eigenvalue weighted by Crippen LogP contribution is -2.43. The Morgan fingerprint density at radius 3 is 2.42 bits per heavy atom. The van der Waals surface area contributed by atoms with Gasteiger partial charge in [0.2, 0.25) is 11.2 Å². The average Bonchev–Trinajstić information content (AvgIpc) is 3.15. The van der Waals surface area contributed by atoms with Crippen LogP contribution >= 0.6 is 0 Å². The molecule has 0 saturated carbocycles. The Bertz CT molecular complexity index is 1700. The molecule has 0 aliphatic rings. The predicted molar refractivity (Wildman–Crippen MR) is 144 cm³/mol. The molecule has 0 unspecified atom stereocenters. The molecule has 0 radical (unpaired) electrons. The highest BCUT2D eigenvalue weighted by molar-refractivity contribution is 6.90. The Labute approximate surface area is 203 Å². The first-order valence-corrected chi connectivity index (χ1v) is 15.0. The topological polar surface area (TPSA) is 17.0 Å². The van der Waals surface area contributed by atoms with E-state index in [-0.39, 0.29) is 0 Å². The monoisotopic (exact) mass is 456 g/mol. The SMILES string of the molecule is [2H]C([2H])([2H])c1cc2c(oc3ccccc32)c(-c2cc([Si](C)(C)C)c3cc(C([2H])(C)C)ccc3[n+]2C)c1C. The number of nitrogens with zero attached hydrogens (tertiary/aromatic N) is 1. The minimum absolute atomic E-state index is 0.350. The van der Waals surface area contributed by atoms with Crippen molar-refractivity contribution < 1.29 is 14.5 Å². The van der Waals surface area contributed by atoms with Crippen LogP contribution in [0.25, 0.3) is 44.1 Å². The number of aryl methyl sites for hydroxylation is 2. The zero-order valence-corrected chi connectivity index (χ0v) is 21.6. The highest BCUT2D eigenvalue weighted by Crippen LogP contribution is 2.39. The van der Waals surface area contributed by atoms with Crippen molar-refractivity contribution in [3.8, 4) is 11.3 Å². The zero-order valence-electron chi connectivity index (χ0n) is 24.6. The maximum absolute atomic E-state index is 8.60. The molecule has 0 N–H and O–H groups in total. The molecule has 0 fully saturated rings. The second kappa shape index (κ2) is 7.56. The van der Waals surface area contributed by atoms with Gasteiger partial charge in [-0.05, 0) is 59.7 Å². The van der Waals surface area contributed by atoms with E-state index < -0.39 is 20.8 Å². The third-order valence-electron chi connectivity index (χ3n) is 6.86. The van der Waals surface area contributed by atoms with Gasteiger partial charge in [0.05, 0.1) is 13.6 Å². The van der Waals surface area contributed by atoms with Gasteiger partial charge in [0.25, 0.3) is 0 Å². The first-order chi connectivity index (χ1) is 17.1. The number of fused-ring (bicyclic) bond motifs is 4. The fourth-order valence-corrected chi connectivity index (χ4v) is 6.50. The van der Waals surface area contributed by atoms with Gasteiger partial charge in [-0.15, -0.1) is 0 Å². The van der Waals surface area contributed by atoms with Crippen molar-refractivity contribution in [1.29, 1.82) is 0 Å². The molecule has 3 heteroatoms. The van der Waals surface area contributed by atoms with Crippen LogP contribution in [0.5, 0.6) is 0 Å². The van der Waals surface area contributed by atoms with Crippen molar-refractivity contribution >= 4 is 46.1 Å². The summed E-state index contributed by atoms with van der Waals surface area (Å²) in [7, 11) is 0.185. The van der Waals surface area contributed by atoms with Crippen LogP contribution < -0.4 is 9.75 Å². The molecule has 0 bridgehead atoms. The number of para-hydroxylation sites is 1. The van der Waals surface area contributed by atoms with E-state index in [2.05, 4.69) is 42.4 Å². The summed E-state index contributed by atoms with van der Waals surface area (Å²) in [5, 5.41) is 4.18. The molecule has 0 spiro atoms. The molecule has 2 heterocycles. The molecular weight excluding hydrogens is 418 g/mol. The van der Waals surface area contributed by atoms with Crippen LogP contribution in [-0.4, -0.2) is 8.07 Å². The summed E-state index contributed by atoms with van der Waals surface area (Å²) in [6.07, 6.45) is 0. The minimum atomic E-state index is -2.25. The largest absolute Gasteiger partial charge is 0.455 e. The van der Waals surface area contributed by atoms with Gasteiger partial charge in [-0.3, -0.25) is 0 Å². The molecule has 2 aromatic heterocycles. The van der Waals surface area contributed by atoms with Crippen LogP contribution in [0, 0.1) is 13.8 Å². The van der Waals surface area contributed by atoms with E-state index in [0.29, 0.717) is 16.7 Å². The Kier molecular flexibility index (Phi) is 4.02. The molecular formula is C30H34NOSi+. The molecule has 0 aliphatic carbocycles. The van der Waals surface area contributed by atoms with Crippen LogP contribution in [0.15, 0.2) is 59.0 Å². The molecule has 3 aromatic carbocycles. The summed E-state index contributed by atoms with van der Waals surface area (Å²) < 4.78 is 42.1. The van der Waals surface area contributed by atoms with E-state index >= 15 is 0 Å². The van der Waals surface area contributed by atoms with Gasteiger partial charge >= 0.3 is 0 Å². The lowest BCUT2D eigenvalue weighted by atomic mass is 9.95. The first kappa shape index (κ1) is 17.5. The summed E-state index contributed by atoms with van der Waals surface area (Å²) in [6, 6.07) is 18.2. The van der Waals surface area contributed by atoms with Gasteiger partial charge in [0.15, 0.2) is 0 Å². The normalized spacial score (nSPS) is 15.0. The quantitative estimate of drug-likeness (QED) is 0.203. The van der Waals surface area contributed by atoms with Crippen LogP contribution in [0.1, 0.15) is 41.9 Å². The second-order valence-corrected chi connectivity index (χ2v) is 15.4. The third kappa shape index (κ3) is 3.41. The molecule has 0 aliphatic heterocycles.